The molecule has 0 aliphatic rings. The molecule has 0 fully saturated rings. The number of aryl methyl sites for hydroxylation is 2. The van der Waals surface area contributed by atoms with Gasteiger partial charge in [0.25, 0.3) is 0 Å². The number of thiazole rings is 1. The van der Waals surface area contributed by atoms with Crippen LogP contribution in [-0.2, 0) is 6.61 Å². The predicted molar refractivity (Wildman–Crippen MR) is 73.0 cm³/mol. The standard InChI is InChI=1S/C14H17NO2S/c1-9-11(3)18-14(15-9)8-17-13-6-4-12(5-7-13)10(2)16/h4-7,10,16H,8H2,1-3H3. The van der Waals surface area contributed by atoms with Gasteiger partial charge in [-0.2, -0.15) is 0 Å². The van der Waals surface area contributed by atoms with Crippen LogP contribution in [0.4, 0.5) is 0 Å². The van der Waals surface area contributed by atoms with Gasteiger partial charge >= 0.3 is 0 Å². The first-order valence-corrected chi connectivity index (χ1v) is 6.71. The number of benzene rings is 1. The van der Waals surface area contributed by atoms with Gasteiger partial charge in [0.05, 0.1) is 11.8 Å². The van der Waals surface area contributed by atoms with Crippen LogP contribution in [0.15, 0.2) is 24.3 Å². The summed E-state index contributed by atoms with van der Waals surface area (Å²) in [5.74, 6) is 0.796. The summed E-state index contributed by atoms with van der Waals surface area (Å²) >= 11 is 1.67. The summed E-state index contributed by atoms with van der Waals surface area (Å²) in [5, 5.41) is 10.4. The molecule has 0 spiro atoms. The molecule has 1 atom stereocenters. The molecular weight excluding hydrogens is 246 g/mol. The highest BCUT2D eigenvalue weighted by molar-refractivity contribution is 7.11. The quantitative estimate of drug-likeness (QED) is 0.919. The topological polar surface area (TPSA) is 42.4 Å². The fraction of sp³-hybridized carbons (Fsp3) is 0.357. The van der Waals surface area contributed by atoms with Gasteiger partial charge < -0.3 is 9.84 Å². The lowest BCUT2D eigenvalue weighted by atomic mass is 10.1. The zero-order valence-corrected chi connectivity index (χ0v) is 11.6. The van der Waals surface area contributed by atoms with Gasteiger partial charge in [0.2, 0.25) is 0 Å². The molecular formula is C14H17NO2S. The lowest BCUT2D eigenvalue weighted by Gasteiger charge is -2.07. The molecule has 0 saturated heterocycles. The zero-order chi connectivity index (χ0) is 13.1. The summed E-state index contributed by atoms with van der Waals surface area (Å²) in [4.78, 5) is 5.66. The van der Waals surface area contributed by atoms with E-state index in [0.717, 1.165) is 22.0 Å². The van der Waals surface area contributed by atoms with E-state index in [1.165, 1.54) is 4.88 Å². The van der Waals surface area contributed by atoms with Gasteiger partial charge in [-0.25, -0.2) is 4.98 Å². The third kappa shape index (κ3) is 3.09. The van der Waals surface area contributed by atoms with Gasteiger partial charge in [0, 0.05) is 4.88 Å². The highest BCUT2D eigenvalue weighted by Crippen LogP contribution is 2.21. The molecule has 1 heterocycles. The SMILES string of the molecule is Cc1nc(COc2ccc(C(C)O)cc2)sc1C. The van der Waals surface area contributed by atoms with Crippen LogP contribution >= 0.6 is 11.3 Å². The van der Waals surface area contributed by atoms with Gasteiger partial charge in [-0.1, -0.05) is 12.1 Å². The Kier molecular flexibility index (Phi) is 3.99. The number of aliphatic hydroxyl groups is 1. The second-order valence-corrected chi connectivity index (χ2v) is 5.57. The number of ether oxygens (including phenoxy) is 1. The molecule has 1 aromatic heterocycles. The van der Waals surface area contributed by atoms with Crippen molar-refractivity contribution >= 4 is 11.3 Å². The van der Waals surface area contributed by atoms with Crippen molar-refractivity contribution in [2.75, 3.05) is 0 Å². The predicted octanol–water partition coefficient (Wildman–Crippen LogP) is 3.39. The maximum atomic E-state index is 9.41. The van der Waals surface area contributed by atoms with Crippen molar-refractivity contribution in [1.82, 2.24) is 4.98 Å². The molecule has 0 radical (unpaired) electrons. The number of aliphatic hydroxyl groups excluding tert-OH is 1. The van der Waals surface area contributed by atoms with E-state index in [1.807, 2.05) is 31.2 Å². The fourth-order valence-corrected chi connectivity index (χ4v) is 2.44. The minimum Gasteiger partial charge on any atom is -0.486 e. The van der Waals surface area contributed by atoms with E-state index >= 15 is 0 Å². The van der Waals surface area contributed by atoms with Crippen molar-refractivity contribution in [3.05, 3.63) is 45.4 Å². The Hall–Kier alpha value is -1.39. The first-order valence-electron chi connectivity index (χ1n) is 5.90. The lowest BCUT2D eigenvalue weighted by Crippen LogP contribution is -1.96. The maximum absolute atomic E-state index is 9.41. The highest BCUT2D eigenvalue weighted by atomic mass is 32.1. The highest BCUT2D eigenvalue weighted by Gasteiger charge is 2.05. The van der Waals surface area contributed by atoms with Crippen molar-refractivity contribution in [2.45, 2.75) is 33.5 Å². The molecule has 18 heavy (non-hydrogen) atoms. The van der Waals surface area contributed by atoms with Crippen LogP contribution in [0.3, 0.4) is 0 Å². The normalized spacial score (nSPS) is 12.4. The van der Waals surface area contributed by atoms with Gasteiger partial charge in [0.1, 0.15) is 17.4 Å². The van der Waals surface area contributed by atoms with Crippen molar-refractivity contribution in [3.8, 4) is 5.75 Å². The van der Waals surface area contributed by atoms with E-state index in [4.69, 9.17) is 4.74 Å². The lowest BCUT2D eigenvalue weighted by molar-refractivity contribution is 0.199. The molecule has 1 N–H and O–H groups in total. The fourth-order valence-electron chi connectivity index (χ4n) is 1.59. The van der Waals surface area contributed by atoms with E-state index < -0.39 is 6.10 Å². The van der Waals surface area contributed by atoms with Gasteiger partial charge in [-0.05, 0) is 38.5 Å². The molecule has 96 valence electrons. The summed E-state index contributed by atoms with van der Waals surface area (Å²) in [6, 6.07) is 7.49. The minimum atomic E-state index is -0.441. The minimum absolute atomic E-state index is 0.441. The van der Waals surface area contributed by atoms with Crippen LogP contribution in [0.5, 0.6) is 5.75 Å². The molecule has 2 aromatic rings. The Morgan fingerprint density at radius 2 is 1.94 bits per heavy atom. The average Bonchev–Trinajstić information content (AvgIpc) is 2.67. The average molecular weight is 263 g/mol. The van der Waals surface area contributed by atoms with Crippen molar-refractivity contribution in [1.29, 1.82) is 0 Å². The molecule has 0 aliphatic carbocycles. The van der Waals surface area contributed by atoms with Crippen molar-refractivity contribution in [2.24, 2.45) is 0 Å². The molecule has 0 bridgehead atoms. The Labute approximate surface area is 111 Å². The third-order valence-electron chi connectivity index (χ3n) is 2.80. The van der Waals surface area contributed by atoms with Crippen molar-refractivity contribution in [3.63, 3.8) is 0 Å². The summed E-state index contributed by atoms with van der Waals surface area (Å²) < 4.78 is 5.66. The number of hydrogen-bond acceptors (Lipinski definition) is 4. The van der Waals surface area contributed by atoms with Crippen LogP contribution in [0, 0.1) is 13.8 Å². The smallest absolute Gasteiger partial charge is 0.140 e. The molecule has 2 rings (SSSR count). The zero-order valence-electron chi connectivity index (χ0n) is 10.8. The molecule has 0 saturated carbocycles. The molecule has 1 unspecified atom stereocenters. The third-order valence-corrected chi connectivity index (χ3v) is 3.84. The number of aromatic nitrogens is 1. The molecule has 4 heteroatoms. The molecule has 0 aliphatic heterocycles. The van der Waals surface area contributed by atoms with E-state index in [-0.39, 0.29) is 0 Å². The van der Waals surface area contributed by atoms with E-state index in [9.17, 15) is 5.11 Å². The summed E-state index contributed by atoms with van der Waals surface area (Å²) in [6.45, 7) is 6.31. The van der Waals surface area contributed by atoms with Crippen LogP contribution in [-0.4, -0.2) is 10.1 Å². The monoisotopic (exact) mass is 263 g/mol. The summed E-state index contributed by atoms with van der Waals surface area (Å²) in [6.07, 6.45) is -0.441. The van der Waals surface area contributed by atoms with Crippen LogP contribution in [0.2, 0.25) is 0 Å². The maximum Gasteiger partial charge on any atom is 0.140 e. The Balaban J connectivity index is 1.97. The largest absolute Gasteiger partial charge is 0.486 e. The van der Waals surface area contributed by atoms with E-state index in [1.54, 1.807) is 18.3 Å². The van der Waals surface area contributed by atoms with Crippen LogP contribution < -0.4 is 4.74 Å². The molecule has 3 nitrogen and oxygen atoms in total. The Bertz CT molecular complexity index is 498. The van der Waals surface area contributed by atoms with Crippen LogP contribution in [0.25, 0.3) is 0 Å². The molecule has 0 amide bonds. The van der Waals surface area contributed by atoms with Crippen molar-refractivity contribution < 1.29 is 9.84 Å². The molecule has 1 aromatic carbocycles. The van der Waals surface area contributed by atoms with Gasteiger partial charge in [0.15, 0.2) is 0 Å². The van der Waals surface area contributed by atoms with E-state index in [2.05, 4.69) is 11.9 Å². The van der Waals surface area contributed by atoms with E-state index in [0.29, 0.717) is 6.61 Å². The second kappa shape index (κ2) is 5.50. The second-order valence-electron chi connectivity index (χ2n) is 4.28. The Morgan fingerprint density at radius 1 is 1.28 bits per heavy atom. The van der Waals surface area contributed by atoms with Gasteiger partial charge in [-0.3, -0.25) is 0 Å². The summed E-state index contributed by atoms with van der Waals surface area (Å²) in [5.41, 5.74) is 1.96. The number of nitrogens with zero attached hydrogens (tertiary/aromatic N) is 1. The first kappa shape index (κ1) is 13.1. The Morgan fingerprint density at radius 3 is 2.44 bits per heavy atom. The number of rotatable bonds is 4. The van der Waals surface area contributed by atoms with Crippen LogP contribution in [0.1, 0.15) is 34.2 Å². The summed E-state index contributed by atoms with van der Waals surface area (Å²) in [7, 11) is 0. The number of hydrogen-bond donors (Lipinski definition) is 1. The van der Waals surface area contributed by atoms with Gasteiger partial charge in [-0.15, -0.1) is 11.3 Å². The first-order chi connectivity index (χ1) is 8.56.